The average Bonchev–Trinajstić information content (AvgIpc) is 2.38. The number of carbonyl (C=O) groups is 1. The van der Waals surface area contributed by atoms with E-state index in [4.69, 9.17) is 0 Å². The summed E-state index contributed by atoms with van der Waals surface area (Å²) in [6.07, 6.45) is 8.53. The van der Waals surface area contributed by atoms with Gasteiger partial charge in [0.05, 0.1) is 6.54 Å². The quantitative estimate of drug-likeness (QED) is 0.715. The summed E-state index contributed by atoms with van der Waals surface area (Å²) in [5, 5.41) is 13.4. The van der Waals surface area contributed by atoms with Crippen molar-refractivity contribution in [1.82, 2.24) is 0 Å². The maximum Gasteiger partial charge on any atom is 0.181 e. The molecule has 0 amide bonds. The van der Waals surface area contributed by atoms with Crippen molar-refractivity contribution < 1.29 is 15.2 Å². The van der Waals surface area contributed by atoms with E-state index in [-0.39, 0.29) is 11.8 Å². The number of nitrogens with two attached hydrogens (primary N) is 1. The van der Waals surface area contributed by atoms with E-state index in [1.807, 2.05) is 6.21 Å². The zero-order valence-corrected chi connectivity index (χ0v) is 11.2. The number of carboxylic acid groups (broad SMARTS) is 1. The molecular weight excluding hydrogens is 228 g/mol. The Balaban J connectivity index is 1.95. The monoisotopic (exact) mass is 252 g/mol. The third-order valence-corrected chi connectivity index (χ3v) is 4.43. The van der Waals surface area contributed by atoms with Gasteiger partial charge in [0.2, 0.25) is 0 Å². The number of hydrogen-bond acceptors (Lipinski definition) is 3. The molecule has 1 saturated heterocycles. The van der Waals surface area contributed by atoms with E-state index in [1.54, 1.807) is 0 Å². The summed E-state index contributed by atoms with van der Waals surface area (Å²) in [6, 6.07) is 0. The Morgan fingerprint density at radius 1 is 1.28 bits per heavy atom. The van der Waals surface area contributed by atoms with Crippen LogP contribution in [0.1, 0.15) is 45.4 Å². The van der Waals surface area contributed by atoms with Crippen molar-refractivity contribution in [3.05, 3.63) is 0 Å². The summed E-state index contributed by atoms with van der Waals surface area (Å²) < 4.78 is 0. The summed E-state index contributed by atoms with van der Waals surface area (Å²) >= 11 is 0. The summed E-state index contributed by atoms with van der Waals surface area (Å²) in [6.45, 7) is 3.37. The Hall–Kier alpha value is -0.900. The number of hydrogen-bond donors (Lipinski definition) is 1. The number of nitrogens with zero attached hydrogens (tertiary/aromatic N) is 1. The zero-order valence-electron chi connectivity index (χ0n) is 11.2. The van der Waals surface area contributed by atoms with Gasteiger partial charge in [0, 0.05) is 29.9 Å². The fourth-order valence-electron chi connectivity index (χ4n) is 3.18. The number of aliphatic carboxylic acids is 1. The molecule has 1 aliphatic heterocycles. The van der Waals surface area contributed by atoms with Crippen LogP contribution in [0.2, 0.25) is 0 Å². The molecule has 4 heteroatoms. The van der Waals surface area contributed by atoms with Gasteiger partial charge in [0.15, 0.2) is 6.17 Å². The second-order valence-corrected chi connectivity index (χ2v) is 5.81. The van der Waals surface area contributed by atoms with E-state index in [0.717, 1.165) is 32.2 Å². The average molecular weight is 252 g/mol. The van der Waals surface area contributed by atoms with Crippen LogP contribution in [-0.4, -0.2) is 24.9 Å². The van der Waals surface area contributed by atoms with Gasteiger partial charge in [-0.3, -0.25) is 0 Å². The molecule has 2 aliphatic rings. The van der Waals surface area contributed by atoms with Gasteiger partial charge < -0.3 is 15.2 Å². The summed E-state index contributed by atoms with van der Waals surface area (Å²) in [4.78, 5) is 15.7. The third-order valence-electron chi connectivity index (χ3n) is 4.43. The number of quaternary nitrogens is 1. The smallest absolute Gasteiger partial charge is 0.181 e. The largest absolute Gasteiger partial charge is 0.550 e. The van der Waals surface area contributed by atoms with Crippen LogP contribution in [0.15, 0.2) is 4.99 Å². The highest BCUT2D eigenvalue weighted by Crippen LogP contribution is 2.28. The van der Waals surface area contributed by atoms with Gasteiger partial charge in [-0.1, -0.05) is 19.8 Å². The van der Waals surface area contributed by atoms with Crippen LogP contribution in [0.25, 0.3) is 0 Å². The Morgan fingerprint density at radius 3 is 2.78 bits per heavy atom. The van der Waals surface area contributed by atoms with Crippen LogP contribution in [0.4, 0.5) is 0 Å². The number of aliphatic imine (C=N–C) groups is 1. The molecule has 1 saturated carbocycles. The number of piperidine rings is 1. The fraction of sp³-hybridized carbons (Fsp3) is 0.857. The Kier molecular flexibility index (Phi) is 4.75. The molecule has 2 fully saturated rings. The molecular formula is C14H24N2O2. The predicted molar refractivity (Wildman–Crippen MR) is 67.9 cm³/mol. The molecule has 102 valence electrons. The van der Waals surface area contributed by atoms with E-state index in [9.17, 15) is 9.90 Å². The predicted octanol–water partition coefficient (Wildman–Crippen LogP) is -0.0671. The zero-order chi connectivity index (χ0) is 13.0. The molecule has 2 N–H and O–H groups in total. The van der Waals surface area contributed by atoms with Crippen molar-refractivity contribution in [3.8, 4) is 0 Å². The Morgan fingerprint density at radius 2 is 2.06 bits per heavy atom. The molecule has 0 radical (unpaired) electrons. The minimum Gasteiger partial charge on any atom is -0.550 e. The van der Waals surface area contributed by atoms with Crippen molar-refractivity contribution in [1.29, 1.82) is 0 Å². The summed E-state index contributed by atoms with van der Waals surface area (Å²) in [7, 11) is 0. The van der Waals surface area contributed by atoms with E-state index >= 15 is 0 Å². The van der Waals surface area contributed by atoms with E-state index in [2.05, 4.69) is 17.2 Å². The number of carboxylic acids is 1. The maximum atomic E-state index is 11.1. The summed E-state index contributed by atoms with van der Waals surface area (Å²) in [5.74, 6) is -0.528. The highest BCUT2D eigenvalue weighted by molar-refractivity contribution is 5.75. The summed E-state index contributed by atoms with van der Waals surface area (Å²) in [5.41, 5.74) is 0. The first-order valence-electron chi connectivity index (χ1n) is 7.26. The van der Waals surface area contributed by atoms with E-state index in [0.29, 0.717) is 12.1 Å². The van der Waals surface area contributed by atoms with Crippen LogP contribution in [-0.2, 0) is 4.79 Å². The lowest BCUT2D eigenvalue weighted by atomic mass is 9.80. The van der Waals surface area contributed by atoms with Gasteiger partial charge in [0.25, 0.3) is 0 Å². The SMILES string of the molecule is CC1CCC[NH2+]C1N=CC1CCCCC1C(=O)[O-]. The lowest BCUT2D eigenvalue weighted by Gasteiger charge is -2.30. The molecule has 4 atom stereocenters. The van der Waals surface area contributed by atoms with Gasteiger partial charge >= 0.3 is 0 Å². The second-order valence-electron chi connectivity index (χ2n) is 5.81. The third kappa shape index (κ3) is 3.31. The minimum absolute atomic E-state index is 0.0891. The number of carbonyl (C=O) groups excluding carboxylic acids is 1. The lowest BCUT2D eigenvalue weighted by Crippen LogP contribution is -2.92. The topological polar surface area (TPSA) is 69.1 Å². The molecule has 1 aliphatic carbocycles. The molecule has 2 rings (SSSR count). The molecule has 0 spiro atoms. The van der Waals surface area contributed by atoms with E-state index in [1.165, 1.54) is 12.8 Å². The van der Waals surface area contributed by atoms with Crippen LogP contribution in [0.3, 0.4) is 0 Å². The van der Waals surface area contributed by atoms with Crippen LogP contribution < -0.4 is 10.4 Å². The fourth-order valence-corrected chi connectivity index (χ4v) is 3.18. The molecule has 0 aromatic carbocycles. The Bertz CT molecular complexity index is 317. The molecule has 0 bridgehead atoms. The molecule has 0 aromatic heterocycles. The molecule has 4 unspecified atom stereocenters. The molecule has 0 aromatic rings. The van der Waals surface area contributed by atoms with Crippen molar-refractivity contribution in [3.63, 3.8) is 0 Å². The molecule has 18 heavy (non-hydrogen) atoms. The molecule has 4 nitrogen and oxygen atoms in total. The lowest BCUT2D eigenvalue weighted by molar-refractivity contribution is -0.702. The minimum atomic E-state index is -0.896. The van der Waals surface area contributed by atoms with Gasteiger partial charge in [-0.15, -0.1) is 0 Å². The van der Waals surface area contributed by atoms with Crippen LogP contribution in [0.5, 0.6) is 0 Å². The van der Waals surface area contributed by atoms with Crippen molar-refractivity contribution in [2.45, 2.75) is 51.6 Å². The highest BCUT2D eigenvalue weighted by atomic mass is 16.4. The van der Waals surface area contributed by atoms with Crippen LogP contribution in [0, 0.1) is 17.8 Å². The van der Waals surface area contributed by atoms with Crippen molar-refractivity contribution >= 4 is 12.2 Å². The van der Waals surface area contributed by atoms with Gasteiger partial charge in [0.1, 0.15) is 0 Å². The standard InChI is InChI=1S/C14H24N2O2/c1-10-5-4-8-15-13(10)16-9-11-6-2-3-7-12(11)14(17)18/h9-13,15H,2-8H2,1H3,(H,17,18). The highest BCUT2D eigenvalue weighted by Gasteiger charge is 2.27. The normalized spacial score (nSPS) is 37.8. The Labute approximate surface area is 109 Å². The van der Waals surface area contributed by atoms with Gasteiger partial charge in [-0.25, -0.2) is 4.99 Å². The first-order valence-corrected chi connectivity index (χ1v) is 7.26. The van der Waals surface area contributed by atoms with Crippen molar-refractivity contribution in [2.75, 3.05) is 6.54 Å². The van der Waals surface area contributed by atoms with Gasteiger partial charge in [-0.05, 0) is 25.7 Å². The van der Waals surface area contributed by atoms with E-state index < -0.39 is 5.97 Å². The van der Waals surface area contributed by atoms with Gasteiger partial charge in [-0.2, -0.15) is 0 Å². The molecule has 1 heterocycles. The van der Waals surface area contributed by atoms with Crippen LogP contribution >= 0.6 is 0 Å². The van der Waals surface area contributed by atoms with Crippen molar-refractivity contribution in [2.24, 2.45) is 22.7 Å². The second kappa shape index (κ2) is 6.32. The maximum absolute atomic E-state index is 11.1. The first-order chi connectivity index (χ1) is 8.68. The number of rotatable bonds is 3. The first kappa shape index (κ1) is 13.5.